The number of aromatic nitrogens is 1. The fourth-order valence-corrected chi connectivity index (χ4v) is 3.51. The Morgan fingerprint density at radius 1 is 1.25 bits per heavy atom. The predicted octanol–water partition coefficient (Wildman–Crippen LogP) is 1.35. The molecule has 0 saturated carbocycles. The van der Waals surface area contributed by atoms with Gasteiger partial charge in [-0.15, -0.1) is 0 Å². The van der Waals surface area contributed by atoms with Crippen LogP contribution in [0.3, 0.4) is 0 Å². The maximum atomic E-state index is 12.2. The summed E-state index contributed by atoms with van der Waals surface area (Å²) in [4.78, 5) is 28.8. The normalized spacial score (nSPS) is 17.8. The molecule has 1 aromatic heterocycles. The van der Waals surface area contributed by atoms with E-state index in [0.717, 1.165) is 18.7 Å². The van der Waals surface area contributed by atoms with Crippen molar-refractivity contribution in [2.24, 2.45) is 11.5 Å². The number of nitrogens with one attached hydrogen (secondary N) is 1. The molecular formula is C21H26N4O3. The van der Waals surface area contributed by atoms with Crippen LogP contribution in [0, 0.1) is 0 Å². The van der Waals surface area contributed by atoms with Gasteiger partial charge in [0.1, 0.15) is 5.69 Å². The van der Waals surface area contributed by atoms with E-state index in [4.69, 9.17) is 16.2 Å². The van der Waals surface area contributed by atoms with Crippen molar-refractivity contribution in [3.8, 4) is 0 Å². The molecule has 1 unspecified atom stereocenters. The van der Waals surface area contributed by atoms with E-state index in [0.29, 0.717) is 36.3 Å². The third kappa shape index (κ3) is 4.55. The third-order valence-corrected chi connectivity index (χ3v) is 5.11. The zero-order valence-corrected chi connectivity index (χ0v) is 16.0. The number of carbonyl (C=O) groups is 2. The Hall–Kier alpha value is -2.77. The van der Waals surface area contributed by atoms with Gasteiger partial charge in [-0.25, -0.2) is 4.98 Å². The van der Waals surface area contributed by atoms with Crippen LogP contribution >= 0.6 is 0 Å². The van der Waals surface area contributed by atoms with Crippen LogP contribution in [0.15, 0.2) is 36.4 Å². The molecule has 0 radical (unpaired) electrons. The number of nitrogens with two attached hydrogens (primary N) is 2. The van der Waals surface area contributed by atoms with Gasteiger partial charge in [0.05, 0.1) is 12.7 Å². The second-order valence-corrected chi connectivity index (χ2v) is 7.02. The van der Waals surface area contributed by atoms with E-state index >= 15 is 0 Å². The van der Waals surface area contributed by atoms with Crippen LogP contribution in [0.1, 0.15) is 56.9 Å². The summed E-state index contributed by atoms with van der Waals surface area (Å²) in [6.45, 7) is 4.16. The highest BCUT2D eigenvalue weighted by Crippen LogP contribution is 2.26. The SMILES string of the molecule is C[C@H](c1ccccc1)c1cc(C(N)=O)c(CCC2CNCCO2)c(C(N)=O)n1. The first-order chi connectivity index (χ1) is 13.5. The van der Waals surface area contributed by atoms with Crippen molar-refractivity contribution < 1.29 is 14.3 Å². The number of rotatable bonds is 7. The summed E-state index contributed by atoms with van der Waals surface area (Å²) in [7, 11) is 0. The number of morpholine rings is 1. The minimum absolute atomic E-state index is 0.0121. The van der Waals surface area contributed by atoms with E-state index < -0.39 is 11.8 Å². The maximum absolute atomic E-state index is 12.2. The van der Waals surface area contributed by atoms with Gasteiger partial charge in [0, 0.05) is 30.3 Å². The summed E-state index contributed by atoms with van der Waals surface area (Å²) in [6, 6.07) is 11.4. The molecule has 2 heterocycles. The summed E-state index contributed by atoms with van der Waals surface area (Å²) >= 11 is 0. The summed E-state index contributed by atoms with van der Waals surface area (Å²) < 4.78 is 5.70. The van der Waals surface area contributed by atoms with Crippen molar-refractivity contribution in [2.75, 3.05) is 19.7 Å². The van der Waals surface area contributed by atoms with E-state index in [1.807, 2.05) is 37.3 Å². The van der Waals surface area contributed by atoms with Crippen LogP contribution < -0.4 is 16.8 Å². The molecule has 1 saturated heterocycles. The van der Waals surface area contributed by atoms with Gasteiger partial charge in [0.25, 0.3) is 5.91 Å². The lowest BCUT2D eigenvalue weighted by Gasteiger charge is -2.24. The van der Waals surface area contributed by atoms with Crippen LogP contribution in [0.4, 0.5) is 0 Å². The number of ether oxygens (including phenoxy) is 1. The van der Waals surface area contributed by atoms with Gasteiger partial charge in [-0.05, 0) is 30.0 Å². The fourth-order valence-electron chi connectivity index (χ4n) is 3.51. The van der Waals surface area contributed by atoms with E-state index in [1.54, 1.807) is 6.07 Å². The van der Waals surface area contributed by atoms with Gasteiger partial charge < -0.3 is 21.5 Å². The Kier molecular flexibility index (Phi) is 6.38. The fraction of sp³-hybridized carbons (Fsp3) is 0.381. The van der Waals surface area contributed by atoms with Gasteiger partial charge >= 0.3 is 0 Å². The Morgan fingerprint density at radius 3 is 2.61 bits per heavy atom. The van der Waals surface area contributed by atoms with E-state index in [1.165, 1.54) is 0 Å². The van der Waals surface area contributed by atoms with Crippen LogP contribution in [0.25, 0.3) is 0 Å². The molecular weight excluding hydrogens is 356 g/mol. The standard InChI is InChI=1S/C21H26N4O3/c1-13(14-5-3-2-4-6-14)18-11-17(20(22)26)16(19(25-18)21(23)27)8-7-15-12-24-9-10-28-15/h2-6,11,13,15,24H,7-10,12H2,1H3,(H2,22,26)(H2,23,27)/t13-,15?/m1/s1. The first kappa shape index (κ1) is 20.0. The summed E-state index contributed by atoms with van der Waals surface area (Å²) in [6.07, 6.45) is 1.09. The molecule has 0 aliphatic carbocycles. The lowest BCUT2D eigenvalue weighted by Crippen LogP contribution is -2.38. The van der Waals surface area contributed by atoms with Crippen LogP contribution in [0.5, 0.6) is 0 Å². The number of hydrogen-bond acceptors (Lipinski definition) is 5. The Morgan fingerprint density at radius 2 is 2.00 bits per heavy atom. The molecule has 1 aromatic carbocycles. The summed E-state index contributed by atoms with van der Waals surface area (Å²) in [5.41, 5.74) is 13.8. The predicted molar refractivity (Wildman–Crippen MR) is 106 cm³/mol. The summed E-state index contributed by atoms with van der Waals surface area (Å²) in [5, 5.41) is 3.26. The van der Waals surface area contributed by atoms with E-state index in [2.05, 4.69) is 10.3 Å². The summed E-state index contributed by atoms with van der Waals surface area (Å²) in [5.74, 6) is -1.37. The second kappa shape index (κ2) is 8.95. The van der Waals surface area contributed by atoms with Crippen molar-refractivity contribution in [1.29, 1.82) is 0 Å². The Bertz CT molecular complexity index is 813. The first-order valence-electron chi connectivity index (χ1n) is 9.48. The van der Waals surface area contributed by atoms with E-state index in [-0.39, 0.29) is 17.7 Å². The molecule has 1 aliphatic heterocycles. The van der Waals surface area contributed by atoms with Crippen LogP contribution in [-0.2, 0) is 11.2 Å². The van der Waals surface area contributed by atoms with Gasteiger partial charge in [-0.1, -0.05) is 37.3 Å². The molecule has 0 spiro atoms. The molecule has 28 heavy (non-hydrogen) atoms. The topological polar surface area (TPSA) is 120 Å². The number of amides is 2. The highest BCUT2D eigenvalue weighted by atomic mass is 16.5. The lowest BCUT2D eigenvalue weighted by molar-refractivity contribution is 0.0237. The molecule has 1 fully saturated rings. The van der Waals surface area contributed by atoms with E-state index in [9.17, 15) is 9.59 Å². The average molecular weight is 382 g/mol. The highest BCUT2D eigenvalue weighted by molar-refractivity contribution is 6.00. The molecule has 2 amide bonds. The molecule has 5 N–H and O–H groups in total. The quantitative estimate of drug-likeness (QED) is 0.668. The largest absolute Gasteiger partial charge is 0.376 e. The van der Waals surface area contributed by atoms with Crippen LogP contribution in [0.2, 0.25) is 0 Å². The maximum Gasteiger partial charge on any atom is 0.267 e. The van der Waals surface area contributed by atoms with Gasteiger partial charge in [-0.2, -0.15) is 0 Å². The van der Waals surface area contributed by atoms with Crippen molar-refractivity contribution in [3.05, 3.63) is 64.5 Å². The molecule has 2 atom stereocenters. The number of primary amides is 2. The molecule has 148 valence electrons. The van der Waals surface area contributed by atoms with Gasteiger partial charge in [0.2, 0.25) is 5.91 Å². The number of benzene rings is 1. The Labute approximate surface area is 164 Å². The van der Waals surface area contributed by atoms with Crippen molar-refractivity contribution in [1.82, 2.24) is 10.3 Å². The highest BCUT2D eigenvalue weighted by Gasteiger charge is 2.23. The minimum Gasteiger partial charge on any atom is -0.376 e. The molecule has 2 aromatic rings. The average Bonchev–Trinajstić information content (AvgIpc) is 2.72. The minimum atomic E-state index is -0.665. The second-order valence-electron chi connectivity index (χ2n) is 7.02. The molecule has 3 rings (SSSR count). The van der Waals surface area contributed by atoms with Crippen molar-refractivity contribution in [3.63, 3.8) is 0 Å². The number of pyridine rings is 1. The number of carbonyl (C=O) groups excluding carboxylic acids is 2. The zero-order valence-electron chi connectivity index (χ0n) is 16.0. The number of nitrogens with zero attached hydrogens (tertiary/aromatic N) is 1. The number of hydrogen-bond donors (Lipinski definition) is 3. The van der Waals surface area contributed by atoms with Crippen molar-refractivity contribution >= 4 is 11.8 Å². The van der Waals surface area contributed by atoms with Crippen LogP contribution in [-0.4, -0.2) is 42.6 Å². The zero-order chi connectivity index (χ0) is 20.1. The molecule has 1 aliphatic rings. The van der Waals surface area contributed by atoms with Crippen molar-refractivity contribution in [2.45, 2.75) is 31.8 Å². The molecule has 7 heteroatoms. The first-order valence-corrected chi connectivity index (χ1v) is 9.48. The molecule has 0 bridgehead atoms. The third-order valence-electron chi connectivity index (χ3n) is 5.11. The monoisotopic (exact) mass is 382 g/mol. The van der Waals surface area contributed by atoms with Gasteiger partial charge in [0.15, 0.2) is 0 Å². The molecule has 7 nitrogen and oxygen atoms in total. The lowest BCUT2D eigenvalue weighted by atomic mass is 9.92. The van der Waals surface area contributed by atoms with Gasteiger partial charge in [-0.3, -0.25) is 9.59 Å². The Balaban J connectivity index is 1.96. The smallest absolute Gasteiger partial charge is 0.267 e.